The summed E-state index contributed by atoms with van der Waals surface area (Å²) in [7, 11) is 5.68. The third-order valence-corrected chi connectivity index (χ3v) is 8.74. The number of carbonyl (C=O) groups excluding carboxylic acids is 2. The van der Waals surface area contributed by atoms with Crippen LogP contribution in [0.5, 0.6) is 0 Å². The smallest absolute Gasteiger partial charge is 0.275 e. The van der Waals surface area contributed by atoms with Gasteiger partial charge in [0, 0.05) is 51.6 Å². The number of piperidine rings is 1. The molecule has 0 aliphatic carbocycles. The van der Waals surface area contributed by atoms with Gasteiger partial charge in [0.2, 0.25) is 5.91 Å². The highest BCUT2D eigenvalue weighted by Crippen LogP contribution is 2.49. The molecule has 2 atom stereocenters. The first kappa shape index (κ1) is 26.4. The molecule has 3 heterocycles. The number of hydrogen-bond donors (Lipinski definition) is 0. The van der Waals surface area contributed by atoms with E-state index in [9.17, 15) is 14.0 Å². The molecule has 38 heavy (non-hydrogen) atoms. The Balaban J connectivity index is 1.33. The lowest BCUT2D eigenvalue weighted by Crippen LogP contribution is -2.55. The molecule has 1 spiro atoms. The van der Waals surface area contributed by atoms with Crippen molar-refractivity contribution in [3.8, 4) is 0 Å². The van der Waals surface area contributed by atoms with Gasteiger partial charge in [0.1, 0.15) is 11.9 Å². The predicted octanol–water partition coefficient (Wildman–Crippen LogP) is 4.15. The Bertz CT molecular complexity index is 1330. The van der Waals surface area contributed by atoms with Crippen molar-refractivity contribution in [2.75, 3.05) is 40.3 Å². The monoisotopic (exact) mass is 519 g/mol. The second-order valence-corrected chi connectivity index (χ2v) is 11.6. The van der Waals surface area contributed by atoms with Gasteiger partial charge in [-0.25, -0.2) is 4.39 Å². The Morgan fingerprint density at radius 3 is 2.37 bits per heavy atom. The van der Waals surface area contributed by atoms with Crippen molar-refractivity contribution >= 4 is 22.7 Å². The number of para-hydroxylation sites is 1. The molecule has 2 saturated heterocycles. The molecular weight excluding hydrogens is 481 g/mol. The zero-order chi connectivity index (χ0) is 27.2. The zero-order valence-corrected chi connectivity index (χ0v) is 23.0. The molecule has 2 aliphatic rings. The van der Waals surface area contributed by atoms with Crippen LogP contribution in [0.2, 0.25) is 0 Å². The second kappa shape index (κ2) is 10.1. The lowest BCUT2D eigenvalue weighted by Gasteiger charge is -2.44. The van der Waals surface area contributed by atoms with Crippen molar-refractivity contribution in [1.29, 1.82) is 0 Å². The first-order valence-corrected chi connectivity index (χ1v) is 13.5. The molecule has 2 amide bonds. The van der Waals surface area contributed by atoms with E-state index in [0.717, 1.165) is 36.8 Å². The number of rotatable bonds is 5. The van der Waals surface area contributed by atoms with Crippen molar-refractivity contribution in [3.05, 3.63) is 65.6 Å². The van der Waals surface area contributed by atoms with Gasteiger partial charge >= 0.3 is 0 Å². The third-order valence-electron chi connectivity index (χ3n) is 8.74. The molecule has 0 radical (unpaired) electrons. The number of aryl methyl sites for hydroxylation is 1. The van der Waals surface area contributed by atoms with Gasteiger partial charge in [-0.2, -0.15) is 5.10 Å². The van der Waals surface area contributed by atoms with E-state index in [1.807, 2.05) is 62.2 Å². The highest BCUT2D eigenvalue weighted by atomic mass is 19.1. The minimum absolute atomic E-state index is 0.00406. The van der Waals surface area contributed by atoms with E-state index in [1.165, 1.54) is 5.56 Å². The van der Waals surface area contributed by atoms with E-state index in [2.05, 4.69) is 17.0 Å². The average molecular weight is 520 g/mol. The van der Waals surface area contributed by atoms with Crippen LogP contribution in [0.3, 0.4) is 0 Å². The second-order valence-electron chi connectivity index (χ2n) is 11.6. The number of likely N-dealkylation sites (N-methyl/N-ethyl adjacent to an activating group) is 2. The fraction of sp³-hybridized carbons (Fsp3) is 0.500. The van der Waals surface area contributed by atoms with Gasteiger partial charge in [0.05, 0.1) is 5.52 Å². The maximum absolute atomic E-state index is 13.9. The number of fused-ring (bicyclic) bond motifs is 1. The summed E-state index contributed by atoms with van der Waals surface area (Å²) in [5, 5.41) is 5.29. The van der Waals surface area contributed by atoms with Crippen LogP contribution in [0.1, 0.15) is 48.7 Å². The largest absolute Gasteiger partial charge is 0.341 e. The summed E-state index contributed by atoms with van der Waals surface area (Å²) in [5.41, 5.74) is 2.49. The molecule has 1 unspecified atom stereocenters. The maximum Gasteiger partial charge on any atom is 0.275 e. The van der Waals surface area contributed by atoms with Crippen LogP contribution < -0.4 is 0 Å². The molecular formula is C30H38FN5O2. The predicted molar refractivity (Wildman–Crippen MR) is 146 cm³/mol. The molecule has 1 aromatic heterocycles. The van der Waals surface area contributed by atoms with Gasteiger partial charge in [-0.3, -0.25) is 14.3 Å². The lowest BCUT2D eigenvalue weighted by atomic mass is 9.68. The highest BCUT2D eigenvalue weighted by Gasteiger charge is 2.49. The Hall–Kier alpha value is -3.26. The highest BCUT2D eigenvalue weighted by molar-refractivity contribution is 6.06. The van der Waals surface area contributed by atoms with Gasteiger partial charge in [0.15, 0.2) is 5.69 Å². The van der Waals surface area contributed by atoms with Gasteiger partial charge in [-0.15, -0.1) is 0 Å². The minimum atomic E-state index is -0.573. The van der Waals surface area contributed by atoms with Crippen molar-refractivity contribution in [2.24, 2.45) is 18.4 Å². The van der Waals surface area contributed by atoms with Crippen molar-refractivity contribution in [1.82, 2.24) is 24.5 Å². The average Bonchev–Trinajstić information content (AvgIpc) is 3.40. The first-order valence-electron chi connectivity index (χ1n) is 13.5. The van der Waals surface area contributed by atoms with Crippen LogP contribution in [0.4, 0.5) is 4.39 Å². The molecule has 2 aromatic carbocycles. The van der Waals surface area contributed by atoms with Crippen LogP contribution in [0, 0.1) is 17.2 Å². The third kappa shape index (κ3) is 4.59. The molecule has 0 N–H and O–H groups in total. The summed E-state index contributed by atoms with van der Waals surface area (Å²) in [6, 6.07) is 14.0. The Morgan fingerprint density at radius 2 is 1.71 bits per heavy atom. The Labute approximate surface area is 224 Å². The molecule has 2 fully saturated rings. The van der Waals surface area contributed by atoms with E-state index in [-0.39, 0.29) is 29.0 Å². The number of amides is 2. The van der Waals surface area contributed by atoms with E-state index in [4.69, 9.17) is 0 Å². The van der Waals surface area contributed by atoms with E-state index in [0.29, 0.717) is 24.7 Å². The van der Waals surface area contributed by atoms with Crippen molar-refractivity contribution in [3.63, 3.8) is 0 Å². The maximum atomic E-state index is 13.9. The number of likely N-dealkylation sites (tertiary alicyclic amines) is 2. The standard InChI is InChI=1S/C30H38FN5O2/c1-20(2)27(34(4)28(37)26-23-8-6-7-9-25(23)35(5)32-26)29(38)36-16-14-30(15-17-36)19-33(3)18-24(30)21-10-12-22(31)13-11-21/h6-13,20,24,27H,14-19H2,1-5H3/t24?,27-/m1/s1. The van der Waals surface area contributed by atoms with Crippen LogP contribution in [-0.4, -0.2) is 82.6 Å². The molecule has 0 saturated carbocycles. The van der Waals surface area contributed by atoms with Gasteiger partial charge < -0.3 is 14.7 Å². The van der Waals surface area contributed by atoms with Crippen LogP contribution >= 0.6 is 0 Å². The van der Waals surface area contributed by atoms with E-state index < -0.39 is 6.04 Å². The number of carbonyl (C=O) groups is 2. The van der Waals surface area contributed by atoms with E-state index >= 15 is 0 Å². The van der Waals surface area contributed by atoms with Crippen molar-refractivity contribution < 1.29 is 14.0 Å². The summed E-state index contributed by atoms with van der Waals surface area (Å²) in [4.78, 5) is 33.4. The molecule has 8 heteroatoms. The number of aromatic nitrogens is 2. The lowest BCUT2D eigenvalue weighted by molar-refractivity contribution is -0.139. The SMILES string of the molecule is CC(C)[C@H](C(=O)N1CCC2(CC1)CN(C)CC2c1ccc(F)cc1)N(C)C(=O)c1nn(C)c2ccccc12. The van der Waals surface area contributed by atoms with Crippen molar-refractivity contribution in [2.45, 2.75) is 38.6 Å². The molecule has 0 bridgehead atoms. The van der Waals surface area contributed by atoms with Gasteiger partial charge in [-0.05, 0) is 55.0 Å². The quantitative estimate of drug-likeness (QED) is 0.508. The molecule has 202 valence electrons. The number of nitrogens with zero attached hydrogens (tertiary/aromatic N) is 5. The summed E-state index contributed by atoms with van der Waals surface area (Å²) in [6.07, 6.45) is 1.77. The van der Waals surface area contributed by atoms with E-state index in [1.54, 1.807) is 28.8 Å². The fourth-order valence-corrected chi connectivity index (χ4v) is 6.80. The Kier molecular flexibility index (Phi) is 7.03. The summed E-state index contributed by atoms with van der Waals surface area (Å²) in [5.74, 6) is -0.196. The summed E-state index contributed by atoms with van der Waals surface area (Å²) < 4.78 is 15.3. The molecule has 3 aromatic rings. The normalized spacial score (nSPS) is 20.4. The molecule has 5 rings (SSSR count). The van der Waals surface area contributed by atoms with Gasteiger partial charge in [0.25, 0.3) is 5.91 Å². The molecule has 7 nitrogen and oxygen atoms in total. The van der Waals surface area contributed by atoms with Crippen LogP contribution in [-0.2, 0) is 11.8 Å². The summed E-state index contributed by atoms with van der Waals surface area (Å²) in [6.45, 7) is 7.19. The van der Waals surface area contributed by atoms with Crippen LogP contribution in [0.25, 0.3) is 10.9 Å². The minimum Gasteiger partial charge on any atom is -0.341 e. The fourth-order valence-electron chi connectivity index (χ4n) is 6.80. The number of benzene rings is 2. The topological polar surface area (TPSA) is 61.7 Å². The molecule has 2 aliphatic heterocycles. The summed E-state index contributed by atoms with van der Waals surface area (Å²) >= 11 is 0. The number of hydrogen-bond acceptors (Lipinski definition) is 4. The number of halogens is 1. The Morgan fingerprint density at radius 1 is 1.05 bits per heavy atom. The zero-order valence-electron chi connectivity index (χ0n) is 23.0. The van der Waals surface area contributed by atoms with Gasteiger partial charge in [-0.1, -0.05) is 44.2 Å². The van der Waals surface area contributed by atoms with Crippen LogP contribution in [0.15, 0.2) is 48.5 Å². The first-order chi connectivity index (χ1) is 18.1.